The summed E-state index contributed by atoms with van der Waals surface area (Å²) in [7, 11) is 3.78. The van der Waals surface area contributed by atoms with E-state index in [1.54, 1.807) is 7.11 Å². The van der Waals surface area contributed by atoms with Crippen LogP contribution in [0.25, 0.3) is 0 Å². The fourth-order valence-corrected chi connectivity index (χ4v) is 2.29. The third-order valence-electron chi connectivity index (χ3n) is 3.39. The minimum atomic E-state index is 0.388. The molecule has 0 spiro atoms. The molecule has 1 rings (SSSR count). The van der Waals surface area contributed by atoms with Crippen LogP contribution in [-0.4, -0.2) is 14.2 Å². The summed E-state index contributed by atoms with van der Waals surface area (Å²) < 4.78 is 5.50. The highest BCUT2D eigenvalue weighted by atomic mass is 16.5. The van der Waals surface area contributed by atoms with Crippen molar-refractivity contribution in [3.8, 4) is 5.75 Å². The van der Waals surface area contributed by atoms with E-state index in [1.165, 1.54) is 24.0 Å². The van der Waals surface area contributed by atoms with Gasteiger partial charge in [-0.3, -0.25) is 0 Å². The molecule has 0 fully saturated rings. The predicted molar refractivity (Wildman–Crippen MR) is 78.2 cm³/mol. The lowest BCUT2D eigenvalue weighted by atomic mass is 9.96. The van der Waals surface area contributed by atoms with Crippen LogP contribution in [-0.2, 0) is 0 Å². The minimum absolute atomic E-state index is 0.388. The smallest absolute Gasteiger partial charge is 0.123 e. The summed E-state index contributed by atoms with van der Waals surface area (Å²) >= 11 is 0. The zero-order valence-electron chi connectivity index (χ0n) is 12.4. The number of nitrogens with one attached hydrogen (secondary N) is 1. The Bertz CT molecular complexity index is 360. The zero-order chi connectivity index (χ0) is 13.5. The summed E-state index contributed by atoms with van der Waals surface area (Å²) in [6.07, 6.45) is 3.70. The zero-order valence-corrected chi connectivity index (χ0v) is 12.4. The van der Waals surface area contributed by atoms with Crippen molar-refractivity contribution in [1.29, 1.82) is 0 Å². The molecule has 0 radical (unpaired) electrons. The van der Waals surface area contributed by atoms with E-state index in [0.29, 0.717) is 6.04 Å². The van der Waals surface area contributed by atoms with Gasteiger partial charge in [0.2, 0.25) is 0 Å². The number of hydrogen-bond acceptors (Lipinski definition) is 2. The molecule has 1 aromatic carbocycles. The first-order valence-corrected chi connectivity index (χ1v) is 6.90. The molecule has 18 heavy (non-hydrogen) atoms. The maximum Gasteiger partial charge on any atom is 0.123 e. The molecule has 102 valence electrons. The van der Waals surface area contributed by atoms with Gasteiger partial charge in [-0.15, -0.1) is 0 Å². The lowest BCUT2D eigenvalue weighted by Crippen LogP contribution is -2.17. The van der Waals surface area contributed by atoms with Crippen molar-refractivity contribution in [3.05, 3.63) is 29.3 Å². The van der Waals surface area contributed by atoms with Gasteiger partial charge in [-0.2, -0.15) is 0 Å². The van der Waals surface area contributed by atoms with Crippen LogP contribution in [0.15, 0.2) is 18.2 Å². The van der Waals surface area contributed by atoms with Gasteiger partial charge in [0.15, 0.2) is 0 Å². The van der Waals surface area contributed by atoms with Gasteiger partial charge in [0, 0.05) is 11.6 Å². The fraction of sp³-hybridized carbons (Fsp3) is 0.625. The van der Waals surface area contributed by atoms with Crippen LogP contribution in [0.4, 0.5) is 0 Å². The maximum absolute atomic E-state index is 5.50. The van der Waals surface area contributed by atoms with E-state index in [0.717, 1.165) is 18.1 Å². The third-order valence-corrected chi connectivity index (χ3v) is 3.39. The Hall–Kier alpha value is -1.02. The van der Waals surface area contributed by atoms with Gasteiger partial charge in [-0.05, 0) is 37.9 Å². The number of methoxy groups -OCH3 is 1. The van der Waals surface area contributed by atoms with Crippen molar-refractivity contribution in [2.75, 3.05) is 14.2 Å². The molecule has 2 nitrogen and oxygen atoms in total. The molecule has 1 unspecified atom stereocenters. The molecule has 0 aliphatic heterocycles. The first kappa shape index (κ1) is 15.0. The molecule has 0 aromatic heterocycles. The third kappa shape index (κ3) is 4.34. The molecular formula is C16H27NO. The Balaban J connectivity index is 2.75. The molecule has 1 atom stereocenters. The van der Waals surface area contributed by atoms with Crippen molar-refractivity contribution in [2.45, 2.75) is 46.1 Å². The summed E-state index contributed by atoms with van der Waals surface area (Å²) in [4.78, 5) is 0. The van der Waals surface area contributed by atoms with Gasteiger partial charge >= 0.3 is 0 Å². The lowest BCUT2D eigenvalue weighted by Gasteiger charge is -2.20. The van der Waals surface area contributed by atoms with Gasteiger partial charge in [-0.1, -0.05) is 38.8 Å². The van der Waals surface area contributed by atoms with E-state index in [-0.39, 0.29) is 0 Å². The van der Waals surface area contributed by atoms with Crippen LogP contribution >= 0.6 is 0 Å². The van der Waals surface area contributed by atoms with Crippen LogP contribution in [0.2, 0.25) is 0 Å². The highest BCUT2D eigenvalue weighted by molar-refractivity contribution is 5.39. The molecule has 0 bridgehead atoms. The van der Waals surface area contributed by atoms with Crippen molar-refractivity contribution < 1.29 is 4.74 Å². The summed E-state index contributed by atoms with van der Waals surface area (Å²) in [5, 5.41) is 3.41. The quantitative estimate of drug-likeness (QED) is 0.786. The van der Waals surface area contributed by atoms with E-state index in [1.807, 2.05) is 7.05 Å². The molecule has 2 heteroatoms. The van der Waals surface area contributed by atoms with E-state index < -0.39 is 0 Å². The molecule has 0 saturated heterocycles. The number of hydrogen-bond donors (Lipinski definition) is 1. The van der Waals surface area contributed by atoms with E-state index in [2.05, 4.69) is 44.3 Å². The van der Waals surface area contributed by atoms with Crippen molar-refractivity contribution in [3.63, 3.8) is 0 Å². The van der Waals surface area contributed by atoms with Crippen LogP contribution in [0, 0.1) is 12.8 Å². The van der Waals surface area contributed by atoms with Crippen LogP contribution in [0.5, 0.6) is 5.75 Å². The summed E-state index contributed by atoms with van der Waals surface area (Å²) in [5.41, 5.74) is 2.52. The van der Waals surface area contributed by atoms with E-state index in [4.69, 9.17) is 4.74 Å². The van der Waals surface area contributed by atoms with Crippen LogP contribution in [0.1, 0.15) is 50.3 Å². The van der Waals surface area contributed by atoms with Gasteiger partial charge < -0.3 is 10.1 Å². The van der Waals surface area contributed by atoms with Gasteiger partial charge in [0.25, 0.3) is 0 Å². The average molecular weight is 249 g/mol. The first-order chi connectivity index (χ1) is 8.58. The maximum atomic E-state index is 5.50. The van der Waals surface area contributed by atoms with Gasteiger partial charge in [0.05, 0.1) is 7.11 Å². The SMILES string of the molecule is CNC(CCCC(C)C)c1ccc(C)cc1OC. The highest BCUT2D eigenvalue weighted by Crippen LogP contribution is 2.29. The lowest BCUT2D eigenvalue weighted by molar-refractivity contribution is 0.394. The van der Waals surface area contributed by atoms with Crippen molar-refractivity contribution in [1.82, 2.24) is 5.32 Å². The monoisotopic (exact) mass is 249 g/mol. The van der Waals surface area contributed by atoms with Crippen LogP contribution < -0.4 is 10.1 Å². The Morgan fingerprint density at radius 2 is 1.94 bits per heavy atom. The standard InChI is InChI=1S/C16H27NO/c1-12(2)7-6-8-15(17-4)14-10-9-13(3)11-16(14)18-5/h9-12,15,17H,6-8H2,1-5H3. The topological polar surface area (TPSA) is 21.3 Å². The van der Waals surface area contributed by atoms with Crippen molar-refractivity contribution >= 4 is 0 Å². The fourth-order valence-electron chi connectivity index (χ4n) is 2.29. The van der Waals surface area contributed by atoms with Gasteiger partial charge in [-0.25, -0.2) is 0 Å². The average Bonchev–Trinajstić information content (AvgIpc) is 2.34. The molecule has 1 N–H and O–H groups in total. The predicted octanol–water partition coefficient (Wildman–Crippen LogP) is 4.09. The Kier molecular flexibility index (Phi) is 6.20. The number of rotatable bonds is 7. The second kappa shape index (κ2) is 7.42. The van der Waals surface area contributed by atoms with Crippen molar-refractivity contribution in [2.24, 2.45) is 5.92 Å². The Labute approximate surface area is 112 Å². The molecule has 1 aromatic rings. The molecule has 0 amide bonds. The molecule has 0 aliphatic rings. The van der Waals surface area contributed by atoms with Gasteiger partial charge in [0.1, 0.15) is 5.75 Å². The highest BCUT2D eigenvalue weighted by Gasteiger charge is 2.14. The Morgan fingerprint density at radius 1 is 1.22 bits per heavy atom. The number of benzene rings is 1. The second-order valence-corrected chi connectivity index (χ2v) is 5.41. The summed E-state index contributed by atoms with van der Waals surface area (Å²) in [5.74, 6) is 1.78. The van der Waals surface area contributed by atoms with E-state index >= 15 is 0 Å². The van der Waals surface area contributed by atoms with Crippen LogP contribution in [0.3, 0.4) is 0 Å². The first-order valence-electron chi connectivity index (χ1n) is 6.90. The van der Waals surface area contributed by atoms with E-state index in [9.17, 15) is 0 Å². The molecule has 0 saturated carbocycles. The minimum Gasteiger partial charge on any atom is -0.496 e. The second-order valence-electron chi connectivity index (χ2n) is 5.41. The molecule has 0 heterocycles. The summed E-state index contributed by atoms with van der Waals surface area (Å²) in [6.45, 7) is 6.65. The number of aryl methyl sites for hydroxylation is 1. The molecule has 0 aliphatic carbocycles. The number of ether oxygens (including phenoxy) is 1. The largest absolute Gasteiger partial charge is 0.496 e. The molecular weight excluding hydrogens is 222 g/mol. The normalized spacial score (nSPS) is 12.8. The Morgan fingerprint density at radius 3 is 2.50 bits per heavy atom. The summed E-state index contributed by atoms with van der Waals surface area (Å²) in [6, 6.07) is 6.84.